The predicted octanol–water partition coefficient (Wildman–Crippen LogP) is 2.66. The van der Waals surface area contributed by atoms with Crippen LogP contribution in [0.5, 0.6) is 0 Å². The lowest BCUT2D eigenvalue weighted by Gasteiger charge is -2.37. The summed E-state index contributed by atoms with van der Waals surface area (Å²) >= 11 is 1.76. The molecule has 0 radical (unpaired) electrons. The van der Waals surface area contributed by atoms with E-state index in [0.717, 1.165) is 19.0 Å². The van der Waals surface area contributed by atoms with Crippen molar-refractivity contribution < 1.29 is 0 Å². The van der Waals surface area contributed by atoms with Gasteiger partial charge in [-0.05, 0) is 32.2 Å². The van der Waals surface area contributed by atoms with Crippen LogP contribution < -0.4 is 5.32 Å². The van der Waals surface area contributed by atoms with Crippen LogP contribution in [0, 0.1) is 12.8 Å². The van der Waals surface area contributed by atoms with Crippen LogP contribution in [0.25, 0.3) is 0 Å². The number of hydrogen-bond donors (Lipinski definition) is 1. The number of nitrogens with zero attached hydrogens (tertiary/aromatic N) is 2. The summed E-state index contributed by atoms with van der Waals surface area (Å²) in [5, 5.41) is 7.04. The van der Waals surface area contributed by atoms with Crippen molar-refractivity contribution in [3.8, 4) is 0 Å². The zero-order valence-electron chi connectivity index (χ0n) is 11.8. The van der Waals surface area contributed by atoms with Crippen LogP contribution in [0.2, 0.25) is 0 Å². The Morgan fingerprint density at radius 1 is 1.56 bits per heavy atom. The normalized spacial score (nSPS) is 25.5. The SMILES string of the molecule is CCCNC1CCN(Cc2csc(C)n2)CC1C. The molecule has 1 aromatic heterocycles. The molecule has 0 aromatic carbocycles. The molecule has 2 rings (SSSR count). The average molecular weight is 267 g/mol. The molecular formula is C14H25N3S. The molecule has 1 saturated heterocycles. The Labute approximate surface area is 115 Å². The van der Waals surface area contributed by atoms with Gasteiger partial charge in [-0.25, -0.2) is 4.98 Å². The Balaban J connectivity index is 1.80. The minimum Gasteiger partial charge on any atom is -0.314 e. The van der Waals surface area contributed by atoms with Gasteiger partial charge in [-0.15, -0.1) is 11.3 Å². The van der Waals surface area contributed by atoms with E-state index in [1.54, 1.807) is 11.3 Å². The standard InChI is InChI=1S/C14H25N3S/c1-4-6-15-14-5-7-17(8-11(14)2)9-13-10-18-12(3)16-13/h10-11,14-15H,4-9H2,1-3H3. The Morgan fingerprint density at radius 2 is 2.39 bits per heavy atom. The van der Waals surface area contributed by atoms with Crippen molar-refractivity contribution in [3.05, 3.63) is 16.1 Å². The number of aromatic nitrogens is 1. The summed E-state index contributed by atoms with van der Waals surface area (Å²) < 4.78 is 0. The van der Waals surface area contributed by atoms with E-state index in [-0.39, 0.29) is 0 Å². The number of nitrogens with one attached hydrogen (secondary N) is 1. The first kappa shape index (κ1) is 14.0. The quantitative estimate of drug-likeness (QED) is 0.889. The van der Waals surface area contributed by atoms with Crippen molar-refractivity contribution in [1.29, 1.82) is 0 Å². The zero-order chi connectivity index (χ0) is 13.0. The van der Waals surface area contributed by atoms with Crippen LogP contribution in [0.1, 0.15) is 37.4 Å². The highest BCUT2D eigenvalue weighted by Crippen LogP contribution is 2.19. The molecule has 0 spiro atoms. The first-order valence-corrected chi connectivity index (χ1v) is 7.93. The van der Waals surface area contributed by atoms with Gasteiger partial charge in [0.1, 0.15) is 0 Å². The monoisotopic (exact) mass is 267 g/mol. The van der Waals surface area contributed by atoms with Gasteiger partial charge in [0.2, 0.25) is 0 Å². The Morgan fingerprint density at radius 3 is 3.00 bits per heavy atom. The number of likely N-dealkylation sites (tertiary alicyclic amines) is 1. The summed E-state index contributed by atoms with van der Waals surface area (Å²) in [5.74, 6) is 0.741. The molecule has 2 heterocycles. The molecule has 0 aliphatic carbocycles. The highest BCUT2D eigenvalue weighted by Gasteiger charge is 2.25. The van der Waals surface area contributed by atoms with Crippen molar-refractivity contribution in [3.63, 3.8) is 0 Å². The Bertz CT molecular complexity index is 364. The first-order chi connectivity index (χ1) is 8.69. The number of rotatable bonds is 5. The molecule has 102 valence electrons. The van der Waals surface area contributed by atoms with Crippen molar-refractivity contribution >= 4 is 11.3 Å². The molecule has 2 atom stereocenters. The van der Waals surface area contributed by atoms with Crippen LogP contribution in [-0.2, 0) is 6.54 Å². The van der Waals surface area contributed by atoms with Gasteiger partial charge in [0.05, 0.1) is 10.7 Å². The van der Waals surface area contributed by atoms with Crippen LogP contribution in [0.15, 0.2) is 5.38 Å². The van der Waals surface area contributed by atoms with E-state index in [1.807, 2.05) is 0 Å². The third kappa shape index (κ3) is 3.77. The summed E-state index contributed by atoms with van der Waals surface area (Å²) in [6.45, 7) is 11.2. The second kappa shape index (κ2) is 6.64. The minimum atomic E-state index is 0.707. The van der Waals surface area contributed by atoms with Crippen molar-refractivity contribution in [1.82, 2.24) is 15.2 Å². The molecule has 2 unspecified atom stereocenters. The predicted molar refractivity (Wildman–Crippen MR) is 78.0 cm³/mol. The largest absolute Gasteiger partial charge is 0.314 e. The van der Waals surface area contributed by atoms with Gasteiger partial charge in [-0.3, -0.25) is 4.90 Å². The van der Waals surface area contributed by atoms with Crippen molar-refractivity contribution in [2.75, 3.05) is 19.6 Å². The van der Waals surface area contributed by atoms with Gasteiger partial charge in [-0.1, -0.05) is 13.8 Å². The average Bonchev–Trinajstić information content (AvgIpc) is 2.74. The van der Waals surface area contributed by atoms with E-state index in [0.29, 0.717) is 6.04 Å². The molecule has 1 aliphatic heterocycles. The maximum atomic E-state index is 4.56. The summed E-state index contributed by atoms with van der Waals surface area (Å²) in [4.78, 5) is 7.10. The molecule has 4 heteroatoms. The van der Waals surface area contributed by atoms with Gasteiger partial charge in [-0.2, -0.15) is 0 Å². The smallest absolute Gasteiger partial charge is 0.0897 e. The lowest BCUT2D eigenvalue weighted by Crippen LogP contribution is -2.48. The number of piperidine rings is 1. The van der Waals surface area contributed by atoms with E-state index >= 15 is 0 Å². The summed E-state index contributed by atoms with van der Waals surface area (Å²) in [6.07, 6.45) is 2.50. The molecule has 0 amide bonds. The Hall–Kier alpha value is -0.450. The molecule has 1 aliphatic rings. The van der Waals surface area contributed by atoms with Gasteiger partial charge in [0, 0.05) is 31.1 Å². The highest BCUT2D eigenvalue weighted by atomic mass is 32.1. The second-order valence-corrected chi connectivity index (χ2v) is 6.48. The zero-order valence-corrected chi connectivity index (χ0v) is 12.6. The number of aryl methyl sites for hydroxylation is 1. The summed E-state index contributed by atoms with van der Waals surface area (Å²) in [7, 11) is 0. The second-order valence-electron chi connectivity index (χ2n) is 5.42. The van der Waals surface area contributed by atoms with Crippen LogP contribution in [0.3, 0.4) is 0 Å². The molecule has 1 fully saturated rings. The van der Waals surface area contributed by atoms with E-state index in [1.165, 1.54) is 36.6 Å². The van der Waals surface area contributed by atoms with Gasteiger partial charge in [0.25, 0.3) is 0 Å². The van der Waals surface area contributed by atoms with Crippen LogP contribution in [-0.4, -0.2) is 35.6 Å². The fourth-order valence-corrected chi connectivity index (χ4v) is 3.32. The van der Waals surface area contributed by atoms with E-state index in [2.05, 4.69) is 41.4 Å². The molecule has 1 N–H and O–H groups in total. The lowest BCUT2D eigenvalue weighted by atomic mass is 9.93. The molecule has 1 aromatic rings. The van der Waals surface area contributed by atoms with Crippen molar-refractivity contribution in [2.24, 2.45) is 5.92 Å². The molecule has 0 saturated carbocycles. The summed E-state index contributed by atoms with van der Waals surface area (Å²) in [5.41, 5.74) is 1.24. The van der Waals surface area contributed by atoms with E-state index < -0.39 is 0 Å². The van der Waals surface area contributed by atoms with Crippen molar-refractivity contribution in [2.45, 2.75) is 46.2 Å². The number of hydrogen-bond acceptors (Lipinski definition) is 4. The maximum Gasteiger partial charge on any atom is 0.0897 e. The third-order valence-corrected chi connectivity index (χ3v) is 4.52. The molecular weight excluding hydrogens is 242 g/mol. The fourth-order valence-electron chi connectivity index (χ4n) is 2.72. The maximum absolute atomic E-state index is 4.56. The summed E-state index contributed by atoms with van der Waals surface area (Å²) in [6, 6.07) is 0.707. The van der Waals surface area contributed by atoms with E-state index in [9.17, 15) is 0 Å². The third-order valence-electron chi connectivity index (χ3n) is 3.70. The highest BCUT2D eigenvalue weighted by molar-refractivity contribution is 7.09. The van der Waals surface area contributed by atoms with Crippen LogP contribution >= 0.6 is 11.3 Å². The van der Waals surface area contributed by atoms with E-state index in [4.69, 9.17) is 0 Å². The van der Waals surface area contributed by atoms with Gasteiger partial charge < -0.3 is 5.32 Å². The minimum absolute atomic E-state index is 0.707. The first-order valence-electron chi connectivity index (χ1n) is 7.05. The molecule has 3 nitrogen and oxygen atoms in total. The fraction of sp³-hybridized carbons (Fsp3) is 0.786. The number of thiazole rings is 1. The Kier molecular flexibility index (Phi) is 5.15. The van der Waals surface area contributed by atoms with Gasteiger partial charge in [0.15, 0.2) is 0 Å². The van der Waals surface area contributed by atoms with Gasteiger partial charge >= 0.3 is 0 Å². The van der Waals surface area contributed by atoms with Crippen LogP contribution in [0.4, 0.5) is 0 Å². The topological polar surface area (TPSA) is 28.2 Å². The lowest BCUT2D eigenvalue weighted by molar-refractivity contribution is 0.140. The molecule has 0 bridgehead atoms. The molecule has 18 heavy (non-hydrogen) atoms.